The molecule has 82 valence electrons. The van der Waals surface area contributed by atoms with Gasteiger partial charge in [0.2, 0.25) is 0 Å². The highest BCUT2D eigenvalue weighted by Crippen LogP contribution is 2.37. The second kappa shape index (κ2) is 3.63. The van der Waals surface area contributed by atoms with Crippen molar-refractivity contribution in [2.45, 2.75) is 38.1 Å². The van der Waals surface area contributed by atoms with Gasteiger partial charge in [0.1, 0.15) is 0 Å². The molecule has 1 saturated heterocycles. The Hall–Kier alpha value is -0.830. The van der Waals surface area contributed by atoms with E-state index in [1.165, 1.54) is 25.0 Å². The van der Waals surface area contributed by atoms with Gasteiger partial charge in [-0.3, -0.25) is 0 Å². The molecule has 1 N–H and O–H groups in total. The highest BCUT2D eigenvalue weighted by molar-refractivity contribution is 5.12. The molecule has 1 aliphatic heterocycles. The molecule has 3 nitrogen and oxygen atoms in total. The van der Waals surface area contributed by atoms with Crippen molar-refractivity contribution in [1.29, 1.82) is 0 Å². The summed E-state index contributed by atoms with van der Waals surface area (Å²) in [7, 11) is 0. The minimum absolute atomic E-state index is 0.635. The van der Waals surface area contributed by atoms with Crippen molar-refractivity contribution >= 4 is 0 Å². The Labute approximate surface area is 90.9 Å². The van der Waals surface area contributed by atoms with Crippen molar-refractivity contribution in [3.63, 3.8) is 0 Å². The van der Waals surface area contributed by atoms with Crippen molar-refractivity contribution in [3.05, 3.63) is 18.2 Å². The SMILES string of the molecule is CC(CC1CC1)n1cncc1C1CNC1. The van der Waals surface area contributed by atoms with Crippen LogP contribution < -0.4 is 5.32 Å². The van der Waals surface area contributed by atoms with Crippen LogP contribution in [0.3, 0.4) is 0 Å². The molecule has 1 unspecified atom stereocenters. The second-order valence-corrected chi connectivity index (χ2v) is 5.11. The first-order chi connectivity index (χ1) is 7.34. The molecule has 1 aromatic rings. The first-order valence-electron chi connectivity index (χ1n) is 6.07. The van der Waals surface area contributed by atoms with Crippen LogP contribution in [0.15, 0.2) is 12.5 Å². The van der Waals surface area contributed by atoms with Gasteiger partial charge in [0.15, 0.2) is 0 Å². The maximum absolute atomic E-state index is 4.31. The maximum atomic E-state index is 4.31. The van der Waals surface area contributed by atoms with Crippen LogP contribution in [0.25, 0.3) is 0 Å². The summed E-state index contributed by atoms with van der Waals surface area (Å²) in [5, 5.41) is 3.33. The Morgan fingerprint density at radius 2 is 2.33 bits per heavy atom. The molecule has 2 heterocycles. The third-order valence-electron chi connectivity index (χ3n) is 3.74. The topological polar surface area (TPSA) is 29.9 Å². The van der Waals surface area contributed by atoms with E-state index < -0.39 is 0 Å². The highest BCUT2D eigenvalue weighted by Gasteiger charge is 2.27. The standard InChI is InChI=1S/C12H19N3/c1-9(4-10-2-3-10)15-8-14-7-12(15)11-5-13-6-11/h7-11,13H,2-6H2,1H3. The minimum atomic E-state index is 0.635. The van der Waals surface area contributed by atoms with Gasteiger partial charge in [-0.15, -0.1) is 0 Å². The molecule has 1 aliphatic carbocycles. The predicted octanol–water partition coefficient (Wildman–Crippen LogP) is 1.93. The van der Waals surface area contributed by atoms with Crippen LogP contribution in [0.5, 0.6) is 0 Å². The van der Waals surface area contributed by atoms with E-state index in [9.17, 15) is 0 Å². The van der Waals surface area contributed by atoms with Gasteiger partial charge in [-0.05, 0) is 19.3 Å². The zero-order valence-electron chi connectivity index (χ0n) is 9.32. The monoisotopic (exact) mass is 205 g/mol. The smallest absolute Gasteiger partial charge is 0.0950 e. The first-order valence-corrected chi connectivity index (χ1v) is 6.07. The molecular formula is C12H19N3. The van der Waals surface area contributed by atoms with Crippen LogP contribution in [0.1, 0.15) is 43.8 Å². The van der Waals surface area contributed by atoms with Crippen molar-refractivity contribution in [3.8, 4) is 0 Å². The average Bonchev–Trinajstić information content (AvgIpc) is 2.79. The summed E-state index contributed by atoms with van der Waals surface area (Å²) < 4.78 is 2.39. The summed E-state index contributed by atoms with van der Waals surface area (Å²) in [6.45, 7) is 4.58. The van der Waals surface area contributed by atoms with Crippen molar-refractivity contribution in [1.82, 2.24) is 14.9 Å². The molecule has 0 amide bonds. The van der Waals surface area contributed by atoms with E-state index in [1.807, 2.05) is 6.33 Å². The molecule has 1 saturated carbocycles. The van der Waals surface area contributed by atoms with E-state index in [4.69, 9.17) is 0 Å². The summed E-state index contributed by atoms with van der Waals surface area (Å²) in [5.41, 5.74) is 1.43. The molecular weight excluding hydrogens is 186 g/mol. The second-order valence-electron chi connectivity index (χ2n) is 5.11. The first kappa shape index (κ1) is 9.40. The van der Waals surface area contributed by atoms with Gasteiger partial charge in [0.05, 0.1) is 6.33 Å². The zero-order valence-corrected chi connectivity index (χ0v) is 9.32. The number of nitrogens with zero attached hydrogens (tertiary/aromatic N) is 2. The van der Waals surface area contributed by atoms with Gasteiger partial charge >= 0.3 is 0 Å². The minimum Gasteiger partial charge on any atom is -0.331 e. The lowest BCUT2D eigenvalue weighted by Gasteiger charge is -2.29. The number of hydrogen-bond donors (Lipinski definition) is 1. The van der Waals surface area contributed by atoms with Crippen molar-refractivity contribution in [2.24, 2.45) is 5.92 Å². The molecule has 3 rings (SSSR count). The summed E-state index contributed by atoms with van der Waals surface area (Å²) in [6.07, 6.45) is 8.29. The molecule has 0 spiro atoms. The Morgan fingerprint density at radius 3 is 2.93 bits per heavy atom. The molecule has 2 fully saturated rings. The van der Waals surface area contributed by atoms with E-state index in [2.05, 4.69) is 28.0 Å². The Bertz CT molecular complexity index is 336. The largest absolute Gasteiger partial charge is 0.331 e. The van der Waals surface area contributed by atoms with E-state index in [-0.39, 0.29) is 0 Å². The predicted molar refractivity (Wildman–Crippen MR) is 59.9 cm³/mol. The summed E-state index contributed by atoms with van der Waals surface area (Å²) in [5.74, 6) is 1.70. The Morgan fingerprint density at radius 1 is 1.53 bits per heavy atom. The Balaban J connectivity index is 1.73. The summed E-state index contributed by atoms with van der Waals surface area (Å²) >= 11 is 0. The molecule has 0 radical (unpaired) electrons. The van der Waals surface area contributed by atoms with Crippen molar-refractivity contribution < 1.29 is 0 Å². The zero-order chi connectivity index (χ0) is 10.3. The van der Waals surface area contributed by atoms with E-state index >= 15 is 0 Å². The Kier molecular flexibility index (Phi) is 2.28. The van der Waals surface area contributed by atoms with Crippen LogP contribution in [0.4, 0.5) is 0 Å². The lowest BCUT2D eigenvalue weighted by molar-refractivity contribution is 0.394. The number of imidazole rings is 1. The van der Waals surface area contributed by atoms with Crippen LogP contribution in [-0.4, -0.2) is 22.6 Å². The normalized spacial score (nSPS) is 23.8. The number of hydrogen-bond acceptors (Lipinski definition) is 2. The van der Waals surface area contributed by atoms with Crippen LogP contribution in [0.2, 0.25) is 0 Å². The molecule has 2 aliphatic rings. The quantitative estimate of drug-likeness (QED) is 0.814. The van der Waals surface area contributed by atoms with Gasteiger partial charge < -0.3 is 9.88 Å². The van der Waals surface area contributed by atoms with Gasteiger partial charge in [-0.25, -0.2) is 4.98 Å². The van der Waals surface area contributed by atoms with Crippen LogP contribution in [0, 0.1) is 5.92 Å². The van der Waals surface area contributed by atoms with E-state index in [0.29, 0.717) is 12.0 Å². The highest BCUT2D eigenvalue weighted by atomic mass is 15.1. The molecule has 0 aromatic carbocycles. The maximum Gasteiger partial charge on any atom is 0.0950 e. The van der Waals surface area contributed by atoms with Crippen molar-refractivity contribution in [2.75, 3.05) is 13.1 Å². The van der Waals surface area contributed by atoms with Crippen LogP contribution >= 0.6 is 0 Å². The fraction of sp³-hybridized carbons (Fsp3) is 0.750. The summed E-state index contributed by atoms with van der Waals surface area (Å²) in [6, 6.07) is 0.635. The molecule has 1 atom stereocenters. The molecule has 3 heteroatoms. The molecule has 15 heavy (non-hydrogen) atoms. The van der Waals surface area contributed by atoms with E-state index in [0.717, 1.165) is 19.0 Å². The molecule has 0 bridgehead atoms. The third-order valence-corrected chi connectivity index (χ3v) is 3.74. The van der Waals surface area contributed by atoms with Gasteiger partial charge in [0, 0.05) is 36.9 Å². The van der Waals surface area contributed by atoms with E-state index in [1.54, 1.807) is 0 Å². The van der Waals surface area contributed by atoms with Gasteiger partial charge in [0.25, 0.3) is 0 Å². The van der Waals surface area contributed by atoms with Gasteiger partial charge in [-0.2, -0.15) is 0 Å². The number of aromatic nitrogens is 2. The van der Waals surface area contributed by atoms with Crippen LogP contribution in [-0.2, 0) is 0 Å². The number of nitrogens with one attached hydrogen (secondary N) is 1. The average molecular weight is 205 g/mol. The lowest BCUT2D eigenvalue weighted by atomic mass is 9.99. The van der Waals surface area contributed by atoms with Gasteiger partial charge in [-0.1, -0.05) is 12.8 Å². The summed E-state index contributed by atoms with van der Waals surface area (Å²) in [4.78, 5) is 4.31. The number of rotatable bonds is 4. The lowest BCUT2D eigenvalue weighted by Crippen LogP contribution is -2.41. The third kappa shape index (κ3) is 1.81. The fourth-order valence-corrected chi connectivity index (χ4v) is 2.45. The fourth-order valence-electron chi connectivity index (χ4n) is 2.45. The molecule has 1 aromatic heterocycles.